The van der Waals surface area contributed by atoms with Gasteiger partial charge in [-0.25, -0.2) is 4.39 Å². The Morgan fingerprint density at radius 1 is 1.29 bits per heavy atom. The summed E-state index contributed by atoms with van der Waals surface area (Å²) in [5.41, 5.74) is 1.35. The van der Waals surface area contributed by atoms with E-state index in [1.807, 2.05) is 26.0 Å². The number of hydrogen-bond acceptors (Lipinski definition) is 3. The molecule has 3 nitrogen and oxygen atoms in total. The molecule has 2 aromatic carbocycles. The van der Waals surface area contributed by atoms with Crippen molar-refractivity contribution in [3.63, 3.8) is 0 Å². The number of ether oxygens (including phenoxy) is 1. The standard InChI is InChI=1S/C17H17FN2O/c1-3-20-12(2)14-7-8-17(16(18)10-14)21-15-6-4-5-13(9-15)11-19/h4-10,12,20H,3H2,1-2H3. The smallest absolute Gasteiger partial charge is 0.166 e. The lowest BCUT2D eigenvalue weighted by Gasteiger charge is -2.14. The first kappa shape index (κ1) is 15.0. The molecule has 0 aliphatic carbocycles. The molecule has 1 atom stereocenters. The third-order valence-corrected chi connectivity index (χ3v) is 3.16. The fourth-order valence-electron chi connectivity index (χ4n) is 2.05. The summed E-state index contributed by atoms with van der Waals surface area (Å²) in [5.74, 6) is 0.178. The third kappa shape index (κ3) is 3.80. The molecule has 0 aromatic heterocycles. The molecule has 2 aromatic rings. The molecule has 0 saturated carbocycles. The van der Waals surface area contributed by atoms with E-state index < -0.39 is 5.82 Å². The molecule has 0 bridgehead atoms. The van der Waals surface area contributed by atoms with Crippen LogP contribution >= 0.6 is 0 Å². The van der Waals surface area contributed by atoms with Crippen LogP contribution in [-0.2, 0) is 0 Å². The normalized spacial score (nSPS) is 11.7. The van der Waals surface area contributed by atoms with Crippen LogP contribution in [-0.4, -0.2) is 6.54 Å². The molecule has 0 heterocycles. The second-order valence-electron chi connectivity index (χ2n) is 4.71. The van der Waals surface area contributed by atoms with Crippen molar-refractivity contribution in [1.82, 2.24) is 5.32 Å². The van der Waals surface area contributed by atoms with Crippen LogP contribution in [0.3, 0.4) is 0 Å². The van der Waals surface area contributed by atoms with Gasteiger partial charge in [-0.1, -0.05) is 19.1 Å². The molecule has 2 rings (SSSR count). The molecular formula is C17H17FN2O. The minimum absolute atomic E-state index is 0.0838. The van der Waals surface area contributed by atoms with Crippen LogP contribution in [0.2, 0.25) is 0 Å². The lowest BCUT2D eigenvalue weighted by molar-refractivity contribution is 0.440. The van der Waals surface area contributed by atoms with E-state index in [9.17, 15) is 4.39 Å². The van der Waals surface area contributed by atoms with E-state index in [-0.39, 0.29) is 11.8 Å². The highest BCUT2D eigenvalue weighted by Gasteiger charge is 2.10. The quantitative estimate of drug-likeness (QED) is 0.896. The summed E-state index contributed by atoms with van der Waals surface area (Å²) in [4.78, 5) is 0. The Balaban J connectivity index is 2.19. The Labute approximate surface area is 124 Å². The monoisotopic (exact) mass is 284 g/mol. The zero-order valence-electron chi connectivity index (χ0n) is 12.1. The third-order valence-electron chi connectivity index (χ3n) is 3.16. The molecule has 0 saturated heterocycles. The van der Waals surface area contributed by atoms with Crippen LogP contribution in [0.1, 0.15) is 31.0 Å². The summed E-state index contributed by atoms with van der Waals surface area (Å²) >= 11 is 0. The SMILES string of the molecule is CCNC(C)c1ccc(Oc2cccc(C#N)c2)c(F)c1. The molecule has 4 heteroatoms. The number of nitrogens with one attached hydrogen (secondary N) is 1. The summed E-state index contributed by atoms with van der Waals surface area (Å²) in [6.07, 6.45) is 0. The van der Waals surface area contributed by atoms with Crippen molar-refractivity contribution < 1.29 is 9.13 Å². The van der Waals surface area contributed by atoms with Crippen molar-refractivity contribution in [1.29, 1.82) is 5.26 Å². The van der Waals surface area contributed by atoms with E-state index in [0.717, 1.165) is 12.1 Å². The van der Waals surface area contributed by atoms with Crippen LogP contribution in [0.15, 0.2) is 42.5 Å². The summed E-state index contributed by atoms with van der Waals surface area (Å²) in [6.45, 7) is 4.81. The highest BCUT2D eigenvalue weighted by molar-refractivity contribution is 5.40. The van der Waals surface area contributed by atoms with Gasteiger partial charge in [0.2, 0.25) is 0 Å². The number of halogens is 1. The number of nitrogens with zero attached hydrogens (tertiary/aromatic N) is 1. The molecule has 0 amide bonds. The lowest BCUT2D eigenvalue weighted by Crippen LogP contribution is -2.17. The lowest BCUT2D eigenvalue weighted by atomic mass is 10.1. The molecule has 0 radical (unpaired) electrons. The Morgan fingerprint density at radius 3 is 2.76 bits per heavy atom. The summed E-state index contributed by atoms with van der Waals surface area (Å²) in [6, 6.07) is 13.7. The Hall–Kier alpha value is -2.38. The van der Waals surface area contributed by atoms with E-state index in [2.05, 4.69) is 5.32 Å². The van der Waals surface area contributed by atoms with Gasteiger partial charge in [-0.05, 0) is 49.4 Å². The molecule has 108 valence electrons. The van der Waals surface area contributed by atoms with Crippen LogP contribution in [0.4, 0.5) is 4.39 Å². The van der Waals surface area contributed by atoms with Gasteiger partial charge in [0.15, 0.2) is 11.6 Å². The summed E-state index contributed by atoms with van der Waals surface area (Å²) in [5, 5.41) is 12.1. The zero-order valence-corrected chi connectivity index (χ0v) is 12.1. The van der Waals surface area contributed by atoms with Crippen molar-refractivity contribution in [3.8, 4) is 17.6 Å². The molecule has 21 heavy (non-hydrogen) atoms. The van der Waals surface area contributed by atoms with Gasteiger partial charge in [-0.3, -0.25) is 0 Å². The van der Waals surface area contributed by atoms with E-state index >= 15 is 0 Å². The molecule has 0 aliphatic rings. The maximum Gasteiger partial charge on any atom is 0.166 e. The van der Waals surface area contributed by atoms with E-state index in [4.69, 9.17) is 10.00 Å². The van der Waals surface area contributed by atoms with Gasteiger partial charge in [0.05, 0.1) is 11.6 Å². The molecule has 1 unspecified atom stereocenters. The predicted octanol–water partition coefficient (Wildman–Crippen LogP) is 4.16. The number of nitriles is 1. The van der Waals surface area contributed by atoms with Gasteiger partial charge < -0.3 is 10.1 Å². The molecule has 0 spiro atoms. The Bertz CT molecular complexity index is 664. The van der Waals surface area contributed by atoms with Crippen LogP contribution < -0.4 is 10.1 Å². The van der Waals surface area contributed by atoms with Crippen molar-refractivity contribution in [2.24, 2.45) is 0 Å². The van der Waals surface area contributed by atoms with Crippen LogP contribution in [0.5, 0.6) is 11.5 Å². The Morgan fingerprint density at radius 2 is 2.10 bits per heavy atom. The average Bonchev–Trinajstić information content (AvgIpc) is 2.49. The molecule has 0 fully saturated rings. The minimum Gasteiger partial charge on any atom is -0.454 e. The molecular weight excluding hydrogens is 267 g/mol. The van der Waals surface area contributed by atoms with E-state index in [0.29, 0.717) is 11.3 Å². The van der Waals surface area contributed by atoms with Gasteiger partial charge in [-0.15, -0.1) is 0 Å². The maximum atomic E-state index is 14.1. The second kappa shape index (κ2) is 6.87. The van der Waals surface area contributed by atoms with Crippen LogP contribution in [0.25, 0.3) is 0 Å². The first-order valence-electron chi connectivity index (χ1n) is 6.85. The zero-order chi connectivity index (χ0) is 15.2. The average molecular weight is 284 g/mol. The number of benzene rings is 2. The first-order valence-corrected chi connectivity index (χ1v) is 6.85. The fourth-order valence-corrected chi connectivity index (χ4v) is 2.05. The van der Waals surface area contributed by atoms with Crippen LogP contribution in [0, 0.1) is 17.1 Å². The van der Waals surface area contributed by atoms with Gasteiger partial charge >= 0.3 is 0 Å². The van der Waals surface area contributed by atoms with Gasteiger partial charge in [0.1, 0.15) is 5.75 Å². The van der Waals surface area contributed by atoms with Crippen molar-refractivity contribution in [2.45, 2.75) is 19.9 Å². The van der Waals surface area contributed by atoms with E-state index in [1.165, 1.54) is 6.07 Å². The largest absolute Gasteiger partial charge is 0.454 e. The van der Waals surface area contributed by atoms with Crippen molar-refractivity contribution in [2.75, 3.05) is 6.54 Å². The first-order chi connectivity index (χ1) is 10.1. The maximum absolute atomic E-state index is 14.1. The van der Waals surface area contributed by atoms with Gasteiger partial charge in [0, 0.05) is 6.04 Å². The highest BCUT2D eigenvalue weighted by Crippen LogP contribution is 2.27. The predicted molar refractivity (Wildman–Crippen MR) is 79.7 cm³/mol. The highest BCUT2D eigenvalue weighted by atomic mass is 19.1. The topological polar surface area (TPSA) is 45.0 Å². The summed E-state index contributed by atoms with van der Waals surface area (Å²) in [7, 11) is 0. The second-order valence-corrected chi connectivity index (χ2v) is 4.71. The molecule has 1 N–H and O–H groups in total. The van der Waals surface area contributed by atoms with Crippen molar-refractivity contribution in [3.05, 3.63) is 59.4 Å². The van der Waals surface area contributed by atoms with Crippen molar-refractivity contribution >= 4 is 0 Å². The van der Waals surface area contributed by atoms with Gasteiger partial charge in [-0.2, -0.15) is 5.26 Å². The van der Waals surface area contributed by atoms with Gasteiger partial charge in [0.25, 0.3) is 0 Å². The fraction of sp³-hybridized carbons (Fsp3) is 0.235. The summed E-state index contributed by atoms with van der Waals surface area (Å²) < 4.78 is 19.6. The number of rotatable bonds is 5. The van der Waals surface area contributed by atoms with E-state index in [1.54, 1.807) is 30.3 Å². The number of hydrogen-bond donors (Lipinski definition) is 1. The Kier molecular flexibility index (Phi) is 4.91. The minimum atomic E-state index is -0.417. The molecule has 0 aliphatic heterocycles.